The lowest BCUT2D eigenvalue weighted by Crippen LogP contribution is -2.63. The predicted octanol–water partition coefficient (Wildman–Crippen LogP) is 6.77. The van der Waals surface area contributed by atoms with Crippen LogP contribution in [0.2, 0.25) is 0 Å². The van der Waals surface area contributed by atoms with Crippen LogP contribution in [-0.2, 0) is 9.53 Å². The lowest BCUT2D eigenvalue weighted by Gasteiger charge is -2.44. The first-order valence-corrected chi connectivity index (χ1v) is 11.4. The largest absolute Gasteiger partial charge is 0.460 e. The van der Waals surface area contributed by atoms with Gasteiger partial charge < -0.3 is 9.84 Å². The van der Waals surface area contributed by atoms with E-state index in [0.29, 0.717) is 12.8 Å². The number of ether oxygens (including phenoxy) is 1. The monoisotopic (exact) mass is 492 g/mol. The van der Waals surface area contributed by atoms with E-state index < -0.39 is 70.7 Å². The Labute approximate surface area is 190 Å². The highest BCUT2D eigenvalue weighted by molar-refractivity contribution is 5.81. The standard InChI is InChI=1S/C23H35F7O3/c1-7-18(3,4)12-20(24,19(5,6)8-2)17(31)33-16-11-13-9-14(16)10-15(13)21(32,22(25,26)27)23(28,29)30/h13-16,32H,7-12H2,1-6H3. The van der Waals surface area contributed by atoms with Gasteiger partial charge in [-0.25, -0.2) is 9.18 Å². The van der Waals surface area contributed by atoms with Gasteiger partial charge in [-0.15, -0.1) is 0 Å². The second-order valence-corrected chi connectivity index (χ2v) is 11.3. The molecule has 0 spiro atoms. The van der Waals surface area contributed by atoms with E-state index in [2.05, 4.69) is 0 Å². The molecule has 5 atom stereocenters. The molecule has 1 N–H and O–H groups in total. The Bertz CT molecular complexity index is 715. The van der Waals surface area contributed by atoms with Gasteiger partial charge in [-0.1, -0.05) is 48.0 Å². The summed E-state index contributed by atoms with van der Waals surface area (Å²) in [5.41, 5.74) is -8.83. The Morgan fingerprint density at radius 2 is 1.36 bits per heavy atom. The van der Waals surface area contributed by atoms with Crippen LogP contribution < -0.4 is 0 Å². The Balaban J connectivity index is 2.24. The second kappa shape index (κ2) is 8.55. The van der Waals surface area contributed by atoms with E-state index >= 15 is 4.39 Å². The van der Waals surface area contributed by atoms with Crippen LogP contribution in [-0.4, -0.2) is 40.8 Å². The number of alkyl halides is 7. The molecule has 0 aromatic heterocycles. The maximum Gasteiger partial charge on any atom is 0.426 e. The maximum absolute atomic E-state index is 16.3. The molecular formula is C23H35F7O3. The Morgan fingerprint density at radius 1 is 0.848 bits per heavy atom. The molecule has 10 heteroatoms. The summed E-state index contributed by atoms with van der Waals surface area (Å²) in [6.45, 7) is 10.4. The van der Waals surface area contributed by atoms with Crippen molar-refractivity contribution in [3.63, 3.8) is 0 Å². The van der Waals surface area contributed by atoms with E-state index in [9.17, 15) is 36.2 Å². The van der Waals surface area contributed by atoms with Crippen LogP contribution in [0.3, 0.4) is 0 Å². The number of rotatable bonds is 8. The minimum atomic E-state index is -5.89. The quantitative estimate of drug-likeness (QED) is 0.300. The fraction of sp³-hybridized carbons (Fsp3) is 0.957. The molecule has 2 rings (SSSR count). The average molecular weight is 493 g/mol. The molecule has 2 fully saturated rings. The molecule has 33 heavy (non-hydrogen) atoms. The minimum Gasteiger partial charge on any atom is -0.460 e. The van der Waals surface area contributed by atoms with E-state index in [1.54, 1.807) is 20.8 Å². The van der Waals surface area contributed by atoms with Crippen molar-refractivity contribution in [2.75, 3.05) is 0 Å². The number of halogens is 7. The van der Waals surface area contributed by atoms with Crippen molar-refractivity contribution in [2.24, 2.45) is 28.6 Å². The first kappa shape index (κ1) is 28.2. The van der Waals surface area contributed by atoms with E-state index in [-0.39, 0.29) is 19.3 Å². The number of aliphatic hydroxyl groups is 1. The van der Waals surface area contributed by atoms with Crippen molar-refractivity contribution in [3.8, 4) is 0 Å². The summed E-state index contributed by atoms with van der Waals surface area (Å²) in [5, 5.41) is 9.78. The number of hydrogen-bond donors (Lipinski definition) is 1. The van der Waals surface area contributed by atoms with Crippen LogP contribution in [0.5, 0.6) is 0 Å². The molecule has 5 unspecified atom stereocenters. The summed E-state index contributed by atoms with van der Waals surface area (Å²) in [5.74, 6) is -5.14. The van der Waals surface area contributed by atoms with Crippen LogP contribution in [0, 0.1) is 28.6 Å². The van der Waals surface area contributed by atoms with E-state index in [1.165, 1.54) is 0 Å². The van der Waals surface area contributed by atoms with E-state index in [4.69, 9.17) is 4.74 Å². The molecule has 0 aromatic carbocycles. The SMILES string of the molecule is CCC(C)(C)CC(F)(C(=O)OC1CC2CC1CC2C(O)(C(F)(F)F)C(F)(F)F)C(C)(C)CC. The molecule has 2 saturated carbocycles. The molecule has 0 heterocycles. The Kier molecular flexibility index (Phi) is 7.30. The zero-order chi connectivity index (χ0) is 25.8. The van der Waals surface area contributed by atoms with Crippen LogP contribution in [0.4, 0.5) is 30.7 Å². The highest BCUT2D eigenvalue weighted by Gasteiger charge is 2.76. The van der Waals surface area contributed by atoms with Gasteiger partial charge >= 0.3 is 18.3 Å². The van der Waals surface area contributed by atoms with Crippen LogP contribution in [0.1, 0.15) is 80.1 Å². The van der Waals surface area contributed by atoms with E-state index in [1.807, 2.05) is 20.8 Å². The van der Waals surface area contributed by atoms with Crippen molar-refractivity contribution < 1.29 is 45.4 Å². The van der Waals surface area contributed by atoms with Crippen LogP contribution in [0.25, 0.3) is 0 Å². The van der Waals surface area contributed by atoms with Crippen molar-refractivity contribution in [3.05, 3.63) is 0 Å². The highest BCUT2D eigenvalue weighted by Crippen LogP contribution is 2.60. The third kappa shape index (κ3) is 4.74. The fourth-order valence-electron chi connectivity index (χ4n) is 5.34. The lowest BCUT2D eigenvalue weighted by atomic mass is 9.66. The Morgan fingerprint density at radius 3 is 1.73 bits per heavy atom. The van der Waals surface area contributed by atoms with Crippen molar-refractivity contribution in [1.29, 1.82) is 0 Å². The van der Waals surface area contributed by atoms with Gasteiger partial charge in [-0.3, -0.25) is 0 Å². The topological polar surface area (TPSA) is 46.5 Å². The smallest absolute Gasteiger partial charge is 0.426 e. The zero-order valence-corrected chi connectivity index (χ0v) is 20.0. The summed E-state index contributed by atoms with van der Waals surface area (Å²) >= 11 is 0. The van der Waals surface area contributed by atoms with Gasteiger partial charge in [-0.2, -0.15) is 26.3 Å². The first-order chi connectivity index (χ1) is 14.7. The third-order valence-corrected chi connectivity index (χ3v) is 8.41. The first-order valence-electron chi connectivity index (χ1n) is 11.4. The summed E-state index contributed by atoms with van der Waals surface area (Å²) < 4.78 is 102. The zero-order valence-electron chi connectivity index (χ0n) is 20.0. The highest BCUT2D eigenvalue weighted by atomic mass is 19.4. The van der Waals surface area contributed by atoms with Gasteiger partial charge in [0.2, 0.25) is 5.67 Å². The lowest BCUT2D eigenvalue weighted by molar-refractivity contribution is -0.389. The van der Waals surface area contributed by atoms with Gasteiger partial charge in [-0.05, 0) is 49.4 Å². The summed E-state index contributed by atoms with van der Waals surface area (Å²) in [6, 6.07) is 0. The van der Waals surface area contributed by atoms with Gasteiger partial charge in [0, 0.05) is 11.3 Å². The molecule has 0 saturated heterocycles. The average Bonchev–Trinajstić information content (AvgIpc) is 3.25. The van der Waals surface area contributed by atoms with Crippen LogP contribution >= 0.6 is 0 Å². The summed E-state index contributed by atoms with van der Waals surface area (Å²) in [7, 11) is 0. The Hall–Kier alpha value is -1.06. The predicted molar refractivity (Wildman–Crippen MR) is 108 cm³/mol. The van der Waals surface area contributed by atoms with Crippen molar-refractivity contribution in [2.45, 2.75) is 110 Å². The molecule has 3 nitrogen and oxygen atoms in total. The summed E-state index contributed by atoms with van der Waals surface area (Å²) in [6.07, 6.45) is -12.9. The van der Waals surface area contributed by atoms with Gasteiger partial charge in [0.15, 0.2) is 0 Å². The van der Waals surface area contributed by atoms with Crippen molar-refractivity contribution in [1.82, 2.24) is 0 Å². The maximum atomic E-state index is 16.3. The molecule has 2 aliphatic carbocycles. The van der Waals surface area contributed by atoms with Crippen molar-refractivity contribution >= 4 is 5.97 Å². The fourth-order valence-corrected chi connectivity index (χ4v) is 5.34. The summed E-state index contributed by atoms with van der Waals surface area (Å²) in [4.78, 5) is 13.1. The van der Waals surface area contributed by atoms with Crippen LogP contribution in [0.15, 0.2) is 0 Å². The molecule has 0 amide bonds. The third-order valence-electron chi connectivity index (χ3n) is 8.41. The van der Waals surface area contributed by atoms with Gasteiger partial charge in [0.1, 0.15) is 6.10 Å². The molecule has 0 aromatic rings. The van der Waals surface area contributed by atoms with Gasteiger partial charge in [0.25, 0.3) is 5.60 Å². The molecule has 2 bridgehead atoms. The molecule has 194 valence electrons. The minimum absolute atomic E-state index is 0.0476. The van der Waals surface area contributed by atoms with Gasteiger partial charge in [0.05, 0.1) is 0 Å². The number of fused-ring (bicyclic) bond motifs is 2. The normalized spacial score (nSPS) is 28.7. The number of carbonyl (C=O) groups is 1. The molecular weight excluding hydrogens is 457 g/mol. The van der Waals surface area contributed by atoms with E-state index in [0.717, 1.165) is 0 Å². The number of carbonyl (C=O) groups excluding carboxylic acids is 1. The number of esters is 1. The molecule has 0 aliphatic heterocycles. The second-order valence-electron chi connectivity index (χ2n) is 11.3. The molecule has 0 radical (unpaired) electrons. The number of hydrogen-bond acceptors (Lipinski definition) is 3. The molecule has 2 aliphatic rings.